The molecule has 0 saturated carbocycles. The van der Waals surface area contributed by atoms with Gasteiger partial charge < -0.3 is 9.84 Å². The Bertz CT molecular complexity index is 165. The molecule has 1 N–H and O–H groups in total. The highest BCUT2D eigenvalue weighted by Crippen LogP contribution is 2.05. The van der Waals surface area contributed by atoms with E-state index in [4.69, 9.17) is 5.11 Å². The van der Waals surface area contributed by atoms with Gasteiger partial charge in [-0.05, 0) is 6.92 Å². The number of esters is 1. The van der Waals surface area contributed by atoms with E-state index in [-0.39, 0.29) is 5.57 Å². The van der Waals surface area contributed by atoms with E-state index in [0.717, 1.165) is 0 Å². The number of carbonyl (C=O) groups excluding carboxylic acids is 1. The molecule has 2 unspecified atom stereocenters. The average molecular weight is 163 g/mol. The maximum absolute atomic E-state index is 10.5. The minimum Gasteiger partial charge on any atom is -0.390 e. The molecule has 0 fully saturated rings. The van der Waals surface area contributed by atoms with Gasteiger partial charge in [0.05, 0.1) is 0 Å². The molecule has 4 nitrogen and oxygen atoms in total. The fraction of sp³-hybridized carbons (Fsp3) is 0.400. The van der Waals surface area contributed by atoms with Gasteiger partial charge in [0.25, 0.3) is 0 Å². The van der Waals surface area contributed by atoms with Gasteiger partial charge in [0.1, 0.15) is 0 Å². The summed E-state index contributed by atoms with van der Waals surface area (Å²) in [4.78, 5) is 10.5. The van der Waals surface area contributed by atoms with Gasteiger partial charge in [-0.1, -0.05) is 11.1 Å². The van der Waals surface area contributed by atoms with Crippen molar-refractivity contribution in [2.24, 2.45) is 0 Å². The van der Waals surface area contributed by atoms with Gasteiger partial charge in [-0.2, -0.15) is 0 Å². The standard InChI is InChI=1S/C5H7O4P/c1-3(2)4(6)9-5(7)10-8/h5,7H,1H2,2H3/p+1. The molecule has 0 aliphatic heterocycles. The van der Waals surface area contributed by atoms with Crippen LogP contribution in [0.2, 0.25) is 0 Å². The van der Waals surface area contributed by atoms with Crippen molar-refractivity contribution in [3.8, 4) is 0 Å². The summed E-state index contributed by atoms with van der Waals surface area (Å²) in [6, 6.07) is -1.52. The Morgan fingerprint density at radius 3 is 2.60 bits per heavy atom. The van der Waals surface area contributed by atoms with Gasteiger partial charge in [-0.15, -0.1) is 0 Å². The molecule has 0 bridgehead atoms. The molecule has 0 aromatic carbocycles. The lowest BCUT2D eigenvalue weighted by atomic mass is 10.4. The molecule has 0 aromatic rings. The normalized spacial score (nSPS) is 12.6. The molecule has 0 heterocycles. The van der Waals surface area contributed by atoms with Crippen LogP contribution in [0.5, 0.6) is 0 Å². The summed E-state index contributed by atoms with van der Waals surface area (Å²) in [5.41, 5.74) is 0.164. The van der Waals surface area contributed by atoms with Crippen molar-refractivity contribution in [2.45, 2.75) is 13.0 Å². The van der Waals surface area contributed by atoms with Crippen LogP contribution in [0.25, 0.3) is 0 Å². The minimum atomic E-state index is -1.52. The second-order valence-electron chi connectivity index (χ2n) is 1.66. The van der Waals surface area contributed by atoms with E-state index in [0.29, 0.717) is 0 Å². The molecular formula is C5H8O4P+. The fourth-order valence-corrected chi connectivity index (χ4v) is 0.381. The van der Waals surface area contributed by atoms with Gasteiger partial charge in [-0.3, -0.25) is 0 Å². The van der Waals surface area contributed by atoms with Crippen molar-refractivity contribution in [2.75, 3.05) is 0 Å². The van der Waals surface area contributed by atoms with Crippen molar-refractivity contribution in [1.82, 2.24) is 0 Å². The number of hydrogen-bond acceptors (Lipinski definition) is 4. The lowest BCUT2D eigenvalue weighted by Crippen LogP contribution is -2.11. The van der Waals surface area contributed by atoms with Crippen molar-refractivity contribution >= 4 is 14.4 Å². The molecule has 56 valence electrons. The maximum Gasteiger partial charge on any atom is 0.403 e. The second kappa shape index (κ2) is 4.14. The third-order valence-electron chi connectivity index (χ3n) is 0.668. The molecular weight excluding hydrogens is 155 g/mol. The SMILES string of the molecule is C=C(C)C(=O)OC(O)[PH+]=O. The monoisotopic (exact) mass is 163 g/mol. The molecule has 10 heavy (non-hydrogen) atoms. The third-order valence-corrected chi connectivity index (χ3v) is 0.987. The van der Waals surface area contributed by atoms with Gasteiger partial charge in [0.15, 0.2) is 0 Å². The van der Waals surface area contributed by atoms with Crippen LogP contribution in [0.3, 0.4) is 0 Å². The smallest absolute Gasteiger partial charge is 0.390 e. The van der Waals surface area contributed by atoms with Crippen LogP contribution in [-0.4, -0.2) is 17.1 Å². The summed E-state index contributed by atoms with van der Waals surface area (Å²) < 4.78 is 14.0. The second-order valence-corrected chi connectivity index (χ2v) is 2.39. The lowest BCUT2D eigenvalue weighted by Gasteiger charge is -1.98. The summed E-state index contributed by atoms with van der Waals surface area (Å²) in [6.45, 7) is 4.69. The highest BCUT2D eigenvalue weighted by molar-refractivity contribution is 7.24. The van der Waals surface area contributed by atoms with Crippen LogP contribution in [0, 0.1) is 0 Å². The summed E-state index contributed by atoms with van der Waals surface area (Å²) in [6.07, 6.45) is 0. The number of ether oxygens (including phenoxy) is 1. The lowest BCUT2D eigenvalue weighted by molar-refractivity contribution is -0.151. The summed E-state index contributed by atoms with van der Waals surface area (Å²) in [5.74, 6) is -0.740. The zero-order chi connectivity index (χ0) is 8.15. The Hall–Kier alpha value is -0.730. The summed E-state index contributed by atoms with van der Waals surface area (Å²) >= 11 is 0. The summed E-state index contributed by atoms with van der Waals surface area (Å²) in [5, 5.41) is 8.49. The first-order valence-electron chi connectivity index (χ1n) is 2.50. The third kappa shape index (κ3) is 3.33. The Morgan fingerprint density at radius 2 is 2.30 bits per heavy atom. The molecule has 0 rings (SSSR count). The quantitative estimate of drug-likeness (QED) is 0.283. The Labute approximate surface area is 59.7 Å². The first kappa shape index (κ1) is 9.27. The van der Waals surface area contributed by atoms with Crippen molar-refractivity contribution in [3.63, 3.8) is 0 Å². The predicted octanol–water partition coefficient (Wildman–Crippen LogP) is 0.406. The zero-order valence-corrected chi connectivity index (χ0v) is 6.46. The number of hydrogen-bond donors (Lipinski definition) is 1. The van der Waals surface area contributed by atoms with E-state index < -0.39 is 20.5 Å². The zero-order valence-electron chi connectivity index (χ0n) is 5.46. The van der Waals surface area contributed by atoms with E-state index >= 15 is 0 Å². The molecule has 0 aromatic heterocycles. The molecule has 0 spiro atoms. The molecule has 0 radical (unpaired) electrons. The largest absolute Gasteiger partial charge is 0.403 e. The Kier molecular flexibility index (Phi) is 3.84. The summed E-state index contributed by atoms with van der Waals surface area (Å²) in [7, 11) is -1.06. The Morgan fingerprint density at radius 1 is 1.80 bits per heavy atom. The van der Waals surface area contributed by atoms with Gasteiger partial charge >= 0.3 is 20.5 Å². The number of aliphatic hydroxyl groups excluding tert-OH is 1. The van der Waals surface area contributed by atoms with Crippen molar-refractivity contribution < 1.29 is 19.2 Å². The van der Waals surface area contributed by atoms with Crippen LogP contribution in [0.15, 0.2) is 12.2 Å². The molecule has 0 amide bonds. The van der Waals surface area contributed by atoms with Crippen LogP contribution in [0.4, 0.5) is 0 Å². The number of carbonyl (C=O) groups is 1. The molecule has 0 saturated heterocycles. The maximum atomic E-state index is 10.5. The van der Waals surface area contributed by atoms with E-state index in [1.54, 1.807) is 0 Å². The topological polar surface area (TPSA) is 63.6 Å². The van der Waals surface area contributed by atoms with Crippen LogP contribution in [0.1, 0.15) is 6.92 Å². The minimum absolute atomic E-state index is 0.164. The highest BCUT2D eigenvalue weighted by Gasteiger charge is 2.16. The predicted molar refractivity (Wildman–Crippen MR) is 35.9 cm³/mol. The van der Waals surface area contributed by atoms with Gasteiger partial charge in [0.2, 0.25) is 0 Å². The average Bonchev–Trinajstić information content (AvgIpc) is 1.87. The number of rotatable bonds is 3. The molecule has 5 heteroatoms. The van der Waals surface area contributed by atoms with Crippen LogP contribution < -0.4 is 0 Å². The fourth-order valence-electron chi connectivity index (χ4n) is 0.226. The van der Waals surface area contributed by atoms with E-state index in [9.17, 15) is 9.36 Å². The first-order valence-corrected chi connectivity index (χ1v) is 3.48. The van der Waals surface area contributed by atoms with Crippen molar-refractivity contribution in [3.05, 3.63) is 12.2 Å². The van der Waals surface area contributed by atoms with Crippen LogP contribution >= 0.6 is 8.46 Å². The van der Waals surface area contributed by atoms with Gasteiger partial charge in [0, 0.05) is 5.57 Å². The van der Waals surface area contributed by atoms with Crippen molar-refractivity contribution in [1.29, 1.82) is 0 Å². The highest BCUT2D eigenvalue weighted by atomic mass is 31.1. The van der Waals surface area contributed by atoms with E-state index in [1.165, 1.54) is 6.92 Å². The first-order chi connectivity index (χ1) is 4.57. The van der Waals surface area contributed by atoms with E-state index in [1.807, 2.05) is 0 Å². The van der Waals surface area contributed by atoms with E-state index in [2.05, 4.69) is 11.3 Å². The van der Waals surface area contributed by atoms with Crippen LogP contribution in [-0.2, 0) is 14.1 Å². The molecule has 0 aliphatic rings. The molecule has 0 aliphatic carbocycles. The Balaban J connectivity index is 3.79. The number of aliphatic hydroxyl groups is 1. The van der Waals surface area contributed by atoms with Gasteiger partial charge in [-0.25, -0.2) is 4.79 Å². The molecule has 2 atom stereocenters.